The van der Waals surface area contributed by atoms with Gasteiger partial charge >= 0.3 is 0 Å². The second-order valence-corrected chi connectivity index (χ2v) is 5.73. The summed E-state index contributed by atoms with van der Waals surface area (Å²) in [6.45, 7) is 0. The molecule has 1 aromatic rings. The first-order valence-electron chi connectivity index (χ1n) is 6.31. The van der Waals surface area contributed by atoms with Crippen molar-refractivity contribution in [2.24, 2.45) is 11.7 Å². The lowest BCUT2D eigenvalue weighted by molar-refractivity contribution is 0.301. The standard InChI is InChI=1S/C14H20BrNO/c1-17-13-9-11(15)7-8-12(13)14(16)10-5-3-2-4-6-10/h7-10,14H,2-6,16H2,1H3/t14-/m1/s1. The highest BCUT2D eigenvalue weighted by Gasteiger charge is 2.24. The van der Waals surface area contributed by atoms with Crippen LogP contribution in [0.1, 0.15) is 43.7 Å². The molecule has 0 saturated heterocycles. The number of halogens is 1. The smallest absolute Gasteiger partial charge is 0.124 e. The number of methoxy groups -OCH3 is 1. The van der Waals surface area contributed by atoms with E-state index < -0.39 is 0 Å². The van der Waals surface area contributed by atoms with Crippen molar-refractivity contribution in [1.29, 1.82) is 0 Å². The van der Waals surface area contributed by atoms with E-state index in [9.17, 15) is 0 Å². The Morgan fingerprint density at radius 3 is 2.65 bits per heavy atom. The zero-order chi connectivity index (χ0) is 12.3. The van der Waals surface area contributed by atoms with Gasteiger partial charge in [0, 0.05) is 16.1 Å². The molecule has 0 unspecified atom stereocenters. The first kappa shape index (κ1) is 12.9. The van der Waals surface area contributed by atoms with Crippen LogP contribution >= 0.6 is 15.9 Å². The highest BCUT2D eigenvalue weighted by molar-refractivity contribution is 9.10. The van der Waals surface area contributed by atoms with Gasteiger partial charge in [0.25, 0.3) is 0 Å². The zero-order valence-electron chi connectivity index (χ0n) is 10.3. The highest BCUT2D eigenvalue weighted by atomic mass is 79.9. The number of nitrogens with two attached hydrogens (primary N) is 1. The van der Waals surface area contributed by atoms with Crippen molar-refractivity contribution in [3.8, 4) is 5.75 Å². The fourth-order valence-electron chi connectivity index (χ4n) is 2.71. The maximum absolute atomic E-state index is 6.40. The van der Waals surface area contributed by atoms with Gasteiger partial charge in [-0.05, 0) is 30.9 Å². The molecular weight excluding hydrogens is 278 g/mol. The molecule has 1 aliphatic rings. The molecule has 2 N–H and O–H groups in total. The summed E-state index contributed by atoms with van der Waals surface area (Å²) < 4.78 is 6.46. The predicted molar refractivity (Wildman–Crippen MR) is 74.2 cm³/mol. The van der Waals surface area contributed by atoms with Crippen molar-refractivity contribution < 1.29 is 4.74 Å². The monoisotopic (exact) mass is 297 g/mol. The van der Waals surface area contributed by atoms with Crippen LogP contribution in [-0.2, 0) is 0 Å². The Kier molecular flexibility index (Phi) is 4.46. The van der Waals surface area contributed by atoms with E-state index in [1.54, 1.807) is 7.11 Å². The van der Waals surface area contributed by atoms with Gasteiger partial charge in [0.2, 0.25) is 0 Å². The quantitative estimate of drug-likeness (QED) is 0.914. The third-order valence-corrected chi connectivity index (χ3v) is 4.21. The number of ether oxygens (including phenoxy) is 1. The molecule has 2 rings (SSSR count). The zero-order valence-corrected chi connectivity index (χ0v) is 11.9. The molecule has 0 aliphatic heterocycles. The predicted octanol–water partition coefficient (Wildman–Crippen LogP) is 4.04. The number of rotatable bonds is 3. The Morgan fingerprint density at radius 2 is 2.00 bits per heavy atom. The van der Waals surface area contributed by atoms with Gasteiger partial charge in [-0.15, -0.1) is 0 Å². The summed E-state index contributed by atoms with van der Waals surface area (Å²) >= 11 is 3.46. The second kappa shape index (κ2) is 5.87. The van der Waals surface area contributed by atoms with E-state index in [1.807, 2.05) is 12.1 Å². The van der Waals surface area contributed by atoms with Gasteiger partial charge in [-0.1, -0.05) is 41.3 Å². The van der Waals surface area contributed by atoms with Crippen LogP contribution in [0.3, 0.4) is 0 Å². The van der Waals surface area contributed by atoms with Crippen LogP contribution in [-0.4, -0.2) is 7.11 Å². The molecule has 17 heavy (non-hydrogen) atoms. The molecule has 1 aliphatic carbocycles. The molecule has 1 aromatic carbocycles. The van der Waals surface area contributed by atoms with Crippen molar-refractivity contribution in [3.05, 3.63) is 28.2 Å². The van der Waals surface area contributed by atoms with E-state index in [2.05, 4.69) is 22.0 Å². The second-order valence-electron chi connectivity index (χ2n) is 4.81. The molecule has 0 radical (unpaired) electrons. The fraction of sp³-hybridized carbons (Fsp3) is 0.571. The van der Waals surface area contributed by atoms with E-state index in [0.29, 0.717) is 5.92 Å². The number of benzene rings is 1. The molecule has 0 heterocycles. The Bertz CT molecular complexity index is 374. The lowest BCUT2D eigenvalue weighted by atomic mass is 9.81. The molecule has 0 bridgehead atoms. The Hall–Kier alpha value is -0.540. The van der Waals surface area contributed by atoms with E-state index in [1.165, 1.54) is 32.1 Å². The molecule has 94 valence electrons. The Morgan fingerprint density at radius 1 is 1.29 bits per heavy atom. The summed E-state index contributed by atoms with van der Waals surface area (Å²) in [6.07, 6.45) is 6.50. The topological polar surface area (TPSA) is 35.2 Å². The SMILES string of the molecule is COc1cc(Br)ccc1[C@H](N)C1CCCCC1. The third-order valence-electron chi connectivity index (χ3n) is 3.71. The number of hydrogen-bond acceptors (Lipinski definition) is 2. The molecular formula is C14H20BrNO. The average molecular weight is 298 g/mol. The van der Waals surface area contributed by atoms with Crippen LogP contribution in [0.2, 0.25) is 0 Å². The summed E-state index contributed by atoms with van der Waals surface area (Å²) in [5.41, 5.74) is 7.54. The van der Waals surface area contributed by atoms with E-state index in [4.69, 9.17) is 10.5 Å². The normalized spacial score (nSPS) is 19.0. The maximum Gasteiger partial charge on any atom is 0.124 e. The van der Waals surface area contributed by atoms with E-state index in [-0.39, 0.29) is 6.04 Å². The molecule has 1 saturated carbocycles. The molecule has 3 heteroatoms. The summed E-state index contributed by atoms with van der Waals surface area (Å²) in [6, 6.07) is 6.24. The van der Waals surface area contributed by atoms with Crippen LogP contribution in [0, 0.1) is 5.92 Å². The Balaban J connectivity index is 2.19. The molecule has 1 fully saturated rings. The lowest BCUT2D eigenvalue weighted by Crippen LogP contribution is -2.24. The van der Waals surface area contributed by atoms with Gasteiger partial charge in [0.15, 0.2) is 0 Å². The number of hydrogen-bond donors (Lipinski definition) is 1. The summed E-state index contributed by atoms with van der Waals surface area (Å²) in [5, 5.41) is 0. The minimum Gasteiger partial charge on any atom is -0.496 e. The van der Waals surface area contributed by atoms with Crippen LogP contribution in [0.25, 0.3) is 0 Å². The molecule has 1 atom stereocenters. The van der Waals surface area contributed by atoms with Gasteiger partial charge in [-0.25, -0.2) is 0 Å². The first-order chi connectivity index (χ1) is 8.22. The third kappa shape index (κ3) is 3.02. The van der Waals surface area contributed by atoms with Crippen LogP contribution in [0.15, 0.2) is 22.7 Å². The van der Waals surface area contributed by atoms with Crippen LogP contribution in [0.4, 0.5) is 0 Å². The summed E-state index contributed by atoms with van der Waals surface area (Å²) in [4.78, 5) is 0. The molecule has 0 amide bonds. The first-order valence-corrected chi connectivity index (χ1v) is 7.10. The van der Waals surface area contributed by atoms with Crippen molar-refractivity contribution in [2.45, 2.75) is 38.1 Å². The summed E-state index contributed by atoms with van der Waals surface area (Å²) in [7, 11) is 1.71. The average Bonchev–Trinajstić information content (AvgIpc) is 2.39. The van der Waals surface area contributed by atoms with E-state index in [0.717, 1.165) is 15.8 Å². The van der Waals surface area contributed by atoms with Gasteiger partial charge < -0.3 is 10.5 Å². The largest absolute Gasteiger partial charge is 0.496 e. The van der Waals surface area contributed by atoms with Crippen molar-refractivity contribution in [1.82, 2.24) is 0 Å². The van der Waals surface area contributed by atoms with Gasteiger partial charge in [-0.2, -0.15) is 0 Å². The molecule has 2 nitrogen and oxygen atoms in total. The molecule has 0 aromatic heterocycles. The van der Waals surface area contributed by atoms with E-state index >= 15 is 0 Å². The molecule has 0 spiro atoms. The van der Waals surface area contributed by atoms with Crippen molar-refractivity contribution in [2.75, 3.05) is 7.11 Å². The van der Waals surface area contributed by atoms with Gasteiger partial charge in [0.1, 0.15) is 5.75 Å². The van der Waals surface area contributed by atoms with Crippen LogP contribution in [0.5, 0.6) is 5.75 Å². The lowest BCUT2D eigenvalue weighted by Gasteiger charge is -2.28. The highest BCUT2D eigenvalue weighted by Crippen LogP contribution is 2.37. The summed E-state index contributed by atoms with van der Waals surface area (Å²) in [5.74, 6) is 1.51. The maximum atomic E-state index is 6.40. The van der Waals surface area contributed by atoms with Gasteiger partial charge in [0.05, 0.1) is 7.11 Å². The van der Waals surface area contributed by atoms with Gasteiger partial charge in [-0.3, -0.25) is 0 Å². The minimum atomic E-state index is 0.110. The van der Waals surface area contributed by atoms with Crippen molar-refractivity contribution in [3.63, 3.8) is 0 Å². The van der Waals surface area contributed by atoms with Crippen molar-refractivity contribution >= 4 is 15.9 Å². The van der Waals surface area contributed by atoms with Crippen LogP contribution < -0.4 is 10.5 Å². The fourth-order valence-corrected chi connectivity index (χ4v) is 3.05. The Labute approximate surface area is 112 Å². The minimum absolute atomic E-state index is 0.110.